The fraction of sp³-hybridized carbons (Fsp3) is 0.565. The van der Waals surface area contributed by atoms with Crippen molar-refractivity contribution in [1.82, 2.24) is 5.32 Å². The van der Waals surface area contributed by atoms with Crippen molar-refractivity contribution in [1.29, 1.82) is 0 Å². The summed E-state index contributed by atoms with van der Waals surface area (Å²) in [5.74, 6) is 0.103. The molecule has 1 amide bonds. The van der Waals surface area contributed by atoms with Crippen LogP contribution in [-0.2, 0) is 9.53 Å². The van der Waals surface area contributed by atoms with Crippen LogP contribution in [0, 0.1) is 5.92 Å². The number of nitrogens with one attached hydrogen (secondary N) is 1. The maximum Gasteiger partial charge on any atom is 0.234 e. The van der Waals surface area contributed by atoms with Crippen LogP contribution < -0.4 is 16.1 Å². The summed E-state index contributed by atoms with van der Waals surface area (Å²) in [5, 5.41) is 9.13. The quantitative estimate of drug-likeness (QED) is 0.477. The number of unbranched alkanes of at least 4 members (excludes halogenated alkanes) is 6. The lowest BCUT2D eigenvalue weighted by Crippen LogP contribution is -2.42. The Bertz CT molecular complexity index is 673. The molecule has 0 bridgehead atoms. The molecule has 0 aliphatic carbocycles. The number of hydrazone groups is 1. The number of rotatable bonds is 13. The summed E-state index contributed by atoms with van der Waals surface area (Å²) < 4.78 is 5.94. The highest BCUT2D eigenvalue weighted by atomic mass is 16.5. The van der Waals surface area contributed by atoms with Crippen LogP contribution in [0.15, 0.2) is 47.4 Å². The highest BCUT2D eigenvalue weighted by Crippen LogP contribution is 2.25. The SMILES string of the molecule is CCCCCCCCNC(=O)C1C=C(OCCCC)N(c2ccccc2)N=C1N. The number of hydrogen-bond donors (Lipinski definition) is 2. The Morgan fingerprint density at radius 2 is 1.76 bits per heavy atom. The predicted molar refractivity (Wildman–Crippen MR) is 119 cm³/mol. The molecular weight excluding hydrogens is 364 g/mol. The number of anilines is 1. The number of hydrogen-bond acceptors (Lipinski definition) is 5. The first kappa shape index (κ1) is 22.8. The zero-order valence-electron chi connectivity index (χ0n) is 17.9. The first-order valence-electron chi connectivity index (χ1n) is 11.0. The average molecular weight is 401 g/mol. The van der Waals surface area contributed by atoms with Gasteiger partial charge in [0.15, 0.2) is 0 Å². The van der Waals surface area contributed by atoms with Crippen LogP contribution in [0.5, 0.6) is 0 Å². The predicted octanol–water partition coefficient (Wildman–Crippen LogP) is 4.53. The van der Waals surface area contributed by atoms with E-state index >= 15 is 0 Å². The summed E-state index contributed by atoms with van der Waals surface area (Å²) in [6.45, 7) is 5.56. The van der Waals surface area contributed by atoms with Crippen molar-refractivity contribution in [3.63, 3.8) is 0 Å². The van der Waals surface area contributed by atoms with Gasteiger partial charge in [0.1, 0.15) is 11.8 Å². The second kappa shape index (κ2) is 12.9. The van der Waals surface area contributed by atoms with Crippen LogP contribution in [0.1, 0.15) is 65.2 Å². The number of amides is 1. The lowest BCUT2D eigenvalue weighted by Gasteiger charge is -2.28. The van der Waals surface area contributed by atoms with Gasteiger partial charge in [-0.05, 0) is 31.1 Å². The normalized spacial score (nSPS) is 16.2. The van der Waals surface area contributed by atoms with Crippen LogP contribution in [-0.4, -0.2) is 24.9 Å². The second-order valence-corrected chi connectivity index (χ2v) is 7.42. The van der Waals surface area contributed by atoms with Gasteiger partial charge < -0.3 is 15.8 Å². The maximum absolute atomic E-state index is 12.7. The smallest absolute Gasteiger partial charge is 0.234 e. The first-order chi connectivity index (χ1) is 14.2. The Labute approximate surface area is 175 Å². The summed E-state index contributed by atoms with van der Waals surface area (Å²) in [5.41, 5.74) is 7.01. The molecule has 1 unspecified atom stereocenters. The van der Waals surface area contributed by atoms with Gasteiger partial charge in [0.25, 0.3) is 0 Å². The molecule has 0 saturated carbocycles. The van der Waals surface area contributed by atoms with Gasteiger partial charge in [0.2, 0.25) is 11.8 Å². The lowest BCUT2D eigenvalue weighted by molar-refractivity contribution is -0.122. The lowest BCUT2D eigenvalue weighted by atomic mass is 10.1. The van der Waals surface area contributed by atoms with E-state index < -0.39 is 5.92 Å². The Hall–Kier alpha value is -2.50. The number of nitrogens with two attached hydrogens (primary N) is 1. The molecule has 1 aliphatic rings. The number of benzene rings is 1. The minimum absolute atomic E-state index is 0.121. The Morgan fingerprint density at radius 3 is 2.48 bits per heavy atom. The Kier molecular flexibility index (Phi) is 10.1. The van der Waals surface area contributed by atoms with E-state index in [1.165, 1.54) is 25.7 Å². The standard InChI is InChI=1S/C23H36N4O2/c1-3-5-7-8-9-13-16-25-23(28)20-18-21(29-17-6-4-2)27(26-22(20)24)19-14-11-10-12-15-19/h10-12,14-15,18,20H,3-9,13,16-17H2,1-2H3,(H2,24,26)(H,25,28). The first-order valence-corrected chi connectivity index (χ1v) is 11.0. The van der Waals surface area contributed by atoms with Crippen molar-refractivity contribution >= 4 is 17.4 Å². The molecule has 1 aromatic carbocycles. The third kappa shape index (κ3) is 7.44. The molecule has 0 spiro atoms. The minimum Gasteiger partial charge on any atom is -0.478 e. The number of amidine groups is 1. The average Bonchev–Trinajstić information content (AvgIpc) is 2.74. The number of nitrogens with zero attached hydrogens (tertiary/aromatic N) is 2. The molecule has 1 heterocycles. The molecule has 0 radical (unpaired) electrons. The zero-order valence-corrected chi connectivity index (χ0v) is 17.9. The monoisotopic (exact) mass is 400 g/mol. The van der Waals surface area contributed by atoms with Crippen molar-refractivity contribution in [2.45, 2.75) is 65.2 Å². The van der Waals surface area contributed by atoms with Gasteiger partial charge >= 0.3 is 0 Å². The molecule has 29 heavy (non-hydrogen) atoms. The van der Waals surface area contributed by atoms with Crippen LogP contribution in [0.2, 0.25) is 0 Å². The van der Waals surface area contributed by atoms with E-state index in [-0.39, 0.29) is 11.7 Å². The molecule has 2 rings (SSSR count). The molecule has 0 aromatic heterocycles. The summed E-state index contributed by atoms with van der Waals surface area (Å²) >= 11 is 0. The van der Waals surface area contributed by atoms with E-state index in [2.05, 4.69) is 24.3 Å². The topological polar surface area (TPSA) is 80.0 Å². The van der Waals surface area contributed by atoms with E-state index in [4.69, 9.17) is 10.5 Å². The highest BCUT2D eigenvalue weighted by Gasteiger charge is 2.29. The van der Waals surface area contributed by atoms with Gasteiger partial charge in [-0.2, -0.15) is 10.1 Å². The molecule has 3 N–H and O–H groups in total. The fourth-order valence-corrected chi connectivity index (χ4v) is 3.15. The summed E-state index contributed by atoms with van der Waals surface area (Å²) in [4.78, 5) is 12.7. The molecule has 0 saturated heterocycles. The Balaban J connectivity index is 1.97. The van der Waals surface area contributed by atoms with E-state index in [1.54, 1.807) is 11.1 Å². The molecule has 0 fully saturated rings. The minimum atomic E-state index is -0.605. The van der Waals surface area contributed by atoms with Crippen molar-refractivity contribution in [3.8, 4) is 0 Å². The summed E-state index contributed by atoms with van der Waals surface area (Å²) in [7, 11) is 0. The van der Waals surface area contributed by atoms with Gasteiger partial charge in [-0.3, -0.25) is 4.79 Å². The molecule has 1 aromatic rings. The second-order valence-electron chi connectivity index (χ2n) is 7.42. The number of para-hydroxylation sites is 1. The van der Waals surface area contributed by atoms with E-state index in [0.717, 1.165) is 31.4 Å². The molecule has 1 atom stereocenters. The third-order valence-electron chi connectivity index (χ3n) is 4.91. The van der Waals surface area contributed by atoms with Gasteiger partial charge in [0.05, 0.1) is 12.3 Å². The van der Waals surface area contributed by atoms with Crippen molar-refractivity contribution < 1.29 is 9.53 Å². The molecule has 6 heteroatoms. The van der Waals surface area contributed by atoms with Crippen LogP contribution >= 0.6 is 0 Å². The van der Waals surface area contributed by atoms with Gasteiger partial charge in [-0.25, -0.2) is 0 Å². The van der Waals surface area contributed by atoms with Crippen LogP contribution in [0.3, 0.4) is 0 Å². The highest BCUT2D eigenvalue weighted by molar-refractivity contribution is 6.05. The van der Waals surface area contributed by atoms with Crippen molar-refractivity contribution in [2.24, 2.45) is 16.8 Å². The van der Waals surface area contributed by atoms with E-state index in [9.17, 15) is 4.79 Å². The summed E-state index contributed by atoms with van der Waals surface area (Å²) in [6.07, 6.45) is 10.9. The maximum atomic E-state index is 12.7. The molecule has 1 aliphatic heterocycles. The van der Waals surface area contributed by atoms with Gasteiger partial charge in [-0.15, -0.1) is 0 Å². The van der Waals surface area contributed by atoms with Crippen molar-refractivity contribution in [3.05, 3.63) is 42.3 Å². The number of carbonyl (C=O) groups is 1. The van der Waals surface area contributed by atoms with Crippen molar-refractivity contribution in [2.75, 3.05) is 18.2 Å². The van der Waals surface area contributed by atoms with Gasteiger partial charge in [0, 0.05) is 6.54 Å². The van der Waals surface area contributed by atoms with E-state index in [0.29, 0.717) is 19.0 Å². The third-order valence-corrected chi connectivity index (χ3v) is 4.91. The van der Waals surface area contributed by atoms with Crippen LogP contribution in [0.4, 0.5) is 5.69 Å². The molecular formula is C23H36N4O2. The van der Waals surface area contributed by atoms with Crippen LogP contribution in [0.25, 0.3) is 0 Å². The Morgan fingerprint density at radius 1 is 1.07 bits per heavy atom. The summed E-state index contributed by atoms with van der Waals surface area (Å²) in [6, 6.07) is 9.69. The zero-order chi connectivity index (χ0) is 20.9. The molecule has 6 nitrogen and oxygen atoms in total. The largest absolute Gasteiger partial charge is 0.478 e. The van der Waals surface area contributed by atoms with Gasteiger partial charge in [-0.1, -0.05) is 70.6 Å². The number of ether oxygens (including phenoxy) is 1. The molecule has 160 valence electrons. The number of carbonyl (C=O) groups excluding carboxylic acids is 1. The van der Waals surface area contributed by atoms with E-state index in [1.807, 2.05) is 30.3 Å². The fourth-order valence-electron chi connectivity index (χ4n) is 3.15.